The lowest BCUT2D eigenvalue weighted by atomic mass is 10.1. The van der Waals surface area contributed by atoms with E-state index in [-0.39, 0.29) is 50.4 Å². The first-order valence-corrected chi connectivity index (χ1v) is 18.4. The summed E-state index contributed by atoms with van der Waals surface area (Å²) in [6.07, 6.45) is 5.14. The summed E-state index contributed by atoms with van der Waals surface area (Å²) in [4.78, 5) is 98.2. The molecule has 0 aliphatic carbocycles. The van der Waals surface area contributed by atoms with Gasteiger partial charge in [0, 0.05) is 30.5 Å². The number of rotatable bonds is 18. The van der Waals surface area contributed by atoms with E-state index in [2.05, 4.69) is 39.4 Å². The molecule has 0 unspecified atom stereocenters. The number of hydrogen-bond donors (Lipinski definition) is 17. The van der Waals surface area contributed by atoms with Gasteiger partial charge in [-0.05, 0) is 49.9 Å². The van der Waals surface area contributed by atoms with Crippen LogP contribution in [0.25, 0.3) is 0 Å². The number of amides is 2. The quantitative estimate of drug-likeness (QED) is 0.0378. The Morgan fingerprint density at radius 3 is 1.56 bits per heavy atom. The predicted octanol–water partition coefficient (Wildman–Crippen LogP) is -5.04. The largest absolute Gasteiger partial charge is 0.480 e. The summed E-state index contributed by atoms with van der Waals surface area (Å²) in [6.45, 7) is 0.580. The standard InChI is InChI=1S/C12H16N2O4S.C6H9N3O2.C5H10N2O3.C5H9NO2.C4H8N2O3.C2H5NO2/c13-9(11(15)16)5-7-1-3-8(4-2-7)18-12(17)10(14)6-19;7-5(6(10)11)1-4-2-8-3-9-4;6-3(5(9)10)1-2-4(7)8;7-5(8)4-2-1-3-6-4;5-2(4(8)9)1-3(6)7;3-1-2(4)5/h1-4,9-10,19H,5-6,13-14H2,(H,15,16);2-3,5H,1,7H2,(H,8,9)(H,10,11);3H,1-2,6H2,(H2,7,8)(H,9,10);4,6H,1-3H2,(H,7,8);2H,1,5H2,(H2,6,7)(H,8,9);1,3H2,(H,4,5)/t9-,10-;5-;3-;4-;2-;/m00000./s1. The average Bonchev–Trinajstić information content (AvgIpc) is 3.94. The fourth-order valence-corrected chi connectivity index (χ4v) is 3.79. The van der Waals surface area contributed by atoms with E-state index in [9.17, 15) is 43.2 Å². The maximum Gasteiger partial charge on any atom is 0.329 e. The molecule has 0 spiro atoms. The highest BCUT2D eigenvalue weighted by Crippen LogP contribution is 2.14. The van der Waals surface area contributed by atoms with Crippen molar-refractivity contribution in [3.63, 3.8) is 0 Å². The van der Waals surface area contributed by atoms with Gasteiger partial charge in [0.1, 0.15) is 42.0 Å². The van der Waals surface area contributed by atoms with Crippen molar-refractivity contribution in [2.75, 3.05) is 18.8 Å². The van der Waals surface area contributed by atoms with Crippen LogP contribution in [-0.2, 0) is 56.0 Å². The summed E-state index contributed by atoms with van der Waals surface area (Å²) in [7, 11) is 0. The first-order chi connectivity index (χ1) is 28.8. The highest BCUT2D eigenvalue weighted by Gasteiger charge is 2.20. The number of esters is 1. The van der Waals surface area contributed by atoms with Crippen molar-refractivity contribution < 1.29 is 78.5 Å². The molecule has 24 N–H and O–H groups in total. The number of primary amides is 2. The van der Waals surface area contributed by atoms with Crippen LogP contribution in [-0.4, -0.2) is 149 Å². The van der Waals surface area contributed by atoms with Crippen molar-refractivity contribution in [2.45, 2.75) is 81.2 Å². The summed E-state index contributed by atoms with van der Waals surface area (Å²) in [5, 5.41) is 52.2. The van der Waals surface area contributed by atoms with Gasteiger partial charge in [-0.2, -0.15) is 12.6 Å². The Bertz CT molecular complexity index is 1680. The van der Waals surface area contributed by atoms with E-state index >= 15 is 0 Å². The maximum atomic E-state index is 11.4. The molecule has 27 nitrogen and oxygen atoms in total. The number of H-pyrrole nitrogens is 1. The van der Waals surface area contributed by atoms with Gasteiger partial charge in [-0.1, -0.05) is 12.1 Å². The smallest absolute Gasteiger partial charge is 0.329 e. The lowest BCUT2D eigenvalue weighted by Gasteiger charge is -2.10. The number of nitrogens with zero attached hydrogens (tertiary/aromatic N) is 1. The van der Waals surface area contributed by atoms with Gasteiger partial charge in [0.15, 0.2) is 0 Å². The Morgan fingerprint density at radius 1 is 0.742 bits per heavy atom. The van der Waals surface area contributed by atoms with E-state index in [1.165, 1.54) is 6.33 Å². The molecule has 2 heterocycles. The Hall–Kier alpha value is -6.27. The maximum absolute atomic E-state index is 11.4. The van der Waals surface area contributed by atoms with E-state index in [1.54, 1.807) is 30.5 Å². The third-order valence-corrected chi connectivity index (χ3v) is 7.41. The van der Waals surface area contributed by atoms with Gasteiger partial charge in [-0.25, -0.2) is 9.78 Å². The Balaban J connectivity index is -0.000000708. The molecule has 0 bridgehead atoms. The molecule has 1 fully saturated rings. The molecular formula is C34H57N11O16S. The van der Waals surface area contributed by atoms with Crippen LogP contribution in [0.3, 0.4) is 0 Å². The van der Waals surface area contributed by atoms with Gasteiger partial charge in [0.05, 0.1) is 19.3 Å². The van der Waals surface area contributed by atoms with Crippen molar-refractivity contribution in [3.05, 3.63) is 48.0 Å². The zero-order chi connectivity index (χ0) is 48.5. The number of nitrogens with two attached hydrogens (primary N) is 8. The number of benzene rings is 1. The Morgan fingerprint density at radius 2 is 1.24 bits per heavy atom. The van der Waals surface area contributed by atoms with Gasteiger partial charge < -0.3 is 91.5 Å². The fourth-order valence-electron chi connectivity index (χ4n) is 3.64. The molecule has 3 rings (SSSR count). The number of carboxylic acids is 6. The molecule has 0 saturated carbocycles. The number of thiol groups is 1. The summed E-state index contributed by atoms with van der Waals surface area (Å²) < 4.78 is 5.01. The zero-order valence-corrected chi connectivity index (χ0v) is 34.2. The second kappa shape index (κ2) is 34.4. The van der Waals surface area contributed by atoms with Crippen molar-refractivity contribution in [1.29, 1.82) is 0 Å². The molecule has 350 valence electrons. The molecule has 2 aromatic rings. The van der Waals surface area contributed by atoms with Gasteiger partial charge in [-0.15, -0.1) is 0 Å². The molecule has 1 aliphatic rings. The third-order valence-electron chi connectivity index (χ3n) is 7.02. The van der Waals surface area contributed by atoms with Crippen LogP contribution in [0.15, 0.2) is 36.8 Å². The fraction of sp³-hybridized carbons (Fsp3) is 0.471. The summed E-state index contributed by atoms with van der Waals surface area (Å²) in [5.74, 6) is -7.33. The minimum atomic E-state index is -1.21. The van der Waals surface area contributed by atoms with E-state index in [0.29, 0.717) is 5.75 Å². The minimum absolute atomic E-state index is 0.0213. The van der Waals surface area contributed by atoms with Gasteiger partial charge in [0.2, 0.25) is 11.8 Å². The first-order valence-electron chi connectivity index (χ1n) is 17.8. The molecular weight excluding hydrogens is 851 g/mol. The lowest BCUT2D eigenvalue weighted by Crippen LogP contribution is -2.35. The number of aliphatic carboxylic acids is 6. The molecule has 1 saturated heterocycles. The molecule has 1 aromatic heterocycles. The number of aromatic nitrogens is 2. The topological polar surface area (TPSA) is 533 Å². The van der Waals surface area contributed by atoms with Crippen LogP contribution >= 0.6 is 12.6 Å². The Kier molecular flexibility index (Phi) is 33.4. The molecule has 1 aromatic carbocycles. The van der Waals surface area contributed by atoms with Crippen LogP contribution < -0.4 is 55.9 Å². The molecule has 28 heteroatoms. The van der Waals surface area contributed by atoms with Crippen molar-refractivity contribution in [1.82, 2.24) is 15.3 Å². The SMILES string of the molecule is NC(=O)CC[C@H](N)C(=O)O.NC(=O)C[C@H](N)C(=O)O.NCC(=O)O.N[C@@H](Cc1ccc(OC(=O)[C@@H](N)CS)cc1)C(=O)O.N[C@@H](Cc1cnc[nH]1)C(=O)O.O=C(O)[C@@H]1CCCN1. The van der Waals surface area contributed by atoms with E-state index < -0.39 is 83.8 Å². The molecule has 2 amide bonds. The van der Waals surface area contributed by atoms with E-state index in [0.717, 1.165) is 30.6 Å². The van der Waals surface area contributed by atoms with Crippen LogP contribution in [0.5, 0.6) is 5.75 Å². The second-order valence-corrected chi connectivity index (χ2v) is 12.7. The predicted molar refractivity (Wildman–Crippen MR) is 220 cm³/mol. The van der Waals surface area contributed by atoms with Gasteiger partial charge in [-0.3, -0.25) is 38.4 Å². The first kappa shape index (κ1) is 60.0. The molecule has 62 heavy (non-hydrogen) atoms. The second-order valence-electron chi connectivity index (χ2n) is 12.4. The summed E-state index contributed by atoms with van der Waals surface area (Å²) >= 11 is 3.90. The average molecular weight is 908 g/mol. The molecule has 0 radical (unpaired) electrons. The minimum Gasteiger partial charge on any atom is -0.480 e. The highest BCUT2D eigenvalue weighted by atomic mass is 32.1. The zero-order valence-electron chi connectivity index (χ0n) is 33.3. The number of carbonyl (C=O) groups excluding carboxylic acids is 3. The van der Waals surface area contributed by atoms with Crippen molar-refractivity contribution in [2.24, 2.45) is 45.9 Å². The van der Waals surface area contributed by atoms with Crippen LogP contribution in [0.1, 0.15) is 43.4 Å². The van der Waals surface area contributed by atoms with Gasteiger partial charge >= 0.3 is 41.8 Å². The Labute approximate surface area is 359 Å². The highest BCUT2D eigenvalue weighted by molar-refractivity contribution is 7.80. The molecule has 6 atom stereocenters. The number of aromatic amines is 1. The third kappa shape index (κ3) is 33.5. The number of carboxylic acid groups (broad SMARTS) is 6. The number of imidazole rings is 1. The van der Waals surface area contributed by atoms with Crippen LogP contribution in [0.4, 0.5) is 0 Å². The number of nitrogens with one attached hydrogen (secondary N) is 2. The van der Waals surface area contributed by atoms with Crippen LogP contribution in [0.2, 0.25) is 0 Å². The lowest BCUT2D eigenvalue weighted by molar-refractivity contribution is -0.140. The molecule has 1 aliphatic heterocycles. The van der Waals surface area contributed by atoms with Crippen molar-refractivity contribution in [3.8, 4) is 5.75 Å². The van der Waals surface area contributed by atoms with Crippen LogP contribution in [0, 0.1) is 0 Å². The normalized spacial score (nSPS) is 14.5. The number of ether oxygens (including phenoxy) is 1. The van der Waals surface area contributed by atoms with Crippen molar-refractivity contribution >= 4 is 66.2 Å². The number of carbonyl (C=O) groups is 9. The van der Waals surface area contributed by atoms with E-state index in [1.807, 2.05) is 0 Å². The number of hydrogen-bond acceptors (Lipinski definition) is 19. The summed E-state index contributed by atoms with van der Waals surface area (Å²) in [6, 6.07) is 1.44. The summed E-state index contributed by atoms with van der Waals surface area (Å²) in [5.41, 5.74) is 41.6. The van der Waals surface area contributed by atoms with Gasteiger partial charge in [0.25, 0.3) is 0 Å². The van der Waals surface area contributed by atoms with E-state index in [4.69, 9.17) is 69.8 Å². The monoisotopic (exact) mass is 907 g/mol.